The zero-order valence-corrected chi connectivity index (χ0v) is 12.3. The summed E-state index contributed by atoms with van der Waals surface area (Å²) in [7, 11) is 0. The lowest BCUT2D eigenvalue weighted by Gasteiger charge is -2.12. The van der Waals surface area contributed by atoms with Gasteiger partial charge in [-0.05, 0) is 31.5 Å². The molecule has 0 aliphatic carbocycles. The molecule has 5 heteroatoms. The second-order valence-corrected chi connectivity index (χ2v) is 5.12. The Morgan fingerprint density at radius 1 is 1.10 bits per heavy atom. The molecule has 0 amide bonds. The molecule has 0 fully saturated rings. The highest BCUT2D eigenvalue weighted by Gasteiger charge is 2.11. The van der Waals surface area contributed by atoms with Crippen LogP contribution in [0.4, 0.5) is 5.82 Å². The molecule has 3 rings (SSSR count). The Morgan fingerprint density at radius 2 is 1.90 bits per heavy atom. The van der Waals surface area contributed by atoms with E-state index in [-0.39, 0.29) is 0 Å². The summed E-state index contributed by atoms with van der Waals surface area (Å²) in [6, 6.07) is 6.04. The molecule has 2 aromatic rings. The predicted octanol–water partition coefficient (Wildman–Crippen LogP) is 2.87. The SMILES string of the molecule is Cc1ncnc(NCc2ccc3c(c2)OCCCO3)c1C. The van der Waals surface area contributed by atoms with Gasteiger partial charge in [0.05, 0.1) is 13.2 Å². The van der Waals surface area contributed by atoms with Crippen LogP contribution in [-0.4, -0.2) is 23.2 Å². The van der Waals surface area contributed by atoms with Crippen LogP contribution in [0.3, 0.4) is 0 Å². The molecule has 0 spiro atoms. The number of nitrogens with one attached hydrogen (secondary N) is 1. The summed E-state index contributed by atoms with van der Waals surface area (Å²) in [5.41, 5.74) is 3.20. The summed E-state index contributed by atoms with van der Waals surface area (Å²) in [5, 5.41) is 3.34. The fraction of sp³-hybridized carbons (Fsp3) is 0.375. The number of aromatic nitrogens is 2. The molecule has 0 saturated carbocycles. The summed E-state index contributed by atoms with van der Waals surface area (Å²) in [6.07, 6.45) is 2.50. The van der Waals surface area contributed by atoms with E-state index in [9.17, 15) is 0 Å². The third-order valence-electron chi connectivity index (χ3n) is 3.61. The molecule has 1 aromatic carbocycles. The quantitative estimate of drug-likeness (QED) is 0.939. The Hall–Kier alpha value is -2.30. The fourth-order valence-electron chi connectivity index (χ4n) is 2.22. The van der Waals surface area contributed by atoms with Crippen molar-refractivity contribution in [2.75, 3.05) is 18.5 Å². The summed E-state index contributed by atoms with van der Waals surface area (Å²) in [5.74, 6) is 2.52. The number of hydrogen-bond acceptors (Lipinski definition) is 5. The van der Waals surface area contributed by atoms with Gasteiger partial charge in [0.1, 0.15) is 12.1 Å². The number of aryl methyl sites for hydroxylation is 1. The highest BCUT2D eigenvalue weighted by atomic mass is 16.5. The number of ether oxygens (including phenoxy) is 2. The van der Waals surface area contributed by atoms with E-state index in [0.29, 0.717) is 19.8 Å². The first-order valence-electron chi connectivity index (χ1n) is 7.14. The van der Waals surface area contributed by atoms with E-state index in [0.717, 1.165) is 40.6 Å². The Kier molecular flexibility index (Phi) is 3.90. The summed E-state index contributed by atoms with van der Waals surface area (Å²) in [4.78, 5) is 8.45. The summed E-state index contributed by atoms with van der Waals surface area (Å²) in [6.45, 7) is 6.10. The van der Waals surface area contributed by atoms with Crippen molar-refractivity contribution in [3.63, 3.8) is 0 Å². The van der Waals surface area contributed by atoms with Gasteiger partial charge in [-0.25, -0.2) is 9.97 Å². The lowest BCUT2D eigenvalue weighted by atomic mass is 10.2. The number of anilines is 1. The Morgan fingerprint density at radius 3 is 2.76 bits per heavy atom. The molecule has 5 nitrogen and oxygen atoms in total. The van der Waals surface area contributed by atoms with Crippen LogP contribution < -0.4 is 14.8 Å². The first-order chi connectivity index (χ1) is 10.2. The Bertz CT molecular complexity index is 643. The van der Waals surface area contributed by atoms with Crippen LogP contribution in [0.15, 0.2) is 24.5 Å². The van der Waals surface area contributed by atoms with Crippen LogP contribution in [0, 0.1) is 13.8 Å². The van der Waals surface area contributed by atoms with Crippen molar-refractivity contribution in [1.82, 2.24) is 9.97 Å². The van der Waals surface area contributed by atoms with Gasteiger partial charge >= 0.3 is 0 Å². The standard InChI is InChI=1S/C16H19N3O2/c1-11-12(2)18-10-19-16(11)17-9-13-4-5-14-15(8-13)21-7-3-6-20-14/h4-5,8,10H,3,6-7,9H2,1-2H3,(H,17,18,19). The molecule has 110 valence electrons. The lowest BCUT2D eigenvalue weighted by molar-refractivity contribution is 0.297. The number of nitrogens with zero attached hydrogens (tertiary/aromatic N) is 2. The minimum absolute atomic E-state index is 0.688. The van der Waals surface area contributed by atoms with Crippen LogP contribution in [0.1, 0.15) is 23.2 Å². The van der Waals surface area contributed by atoms with Crippen LogP contribution >= 0.6 is 0 Å². The van der Waals surface area contributed by atoms with E-state index < -0.39 is 0 Å². The van der Waals surface area contributed by atoms with Crippen molar-refractivity contribution >= 4 is 5.82 Å². The van der Waals surface area contributed by atoms with Crippen molar-refractivity contribution in [3.8, 4) is 11.5 Å². The molecule has 0 bridgehead atoms. The maximum atomic E-state index is 5.71. The third kappa shape index (κ3) is 3.07. The first kappa shape index (κ1) is 13.7. The number of benzene rings is 1. The molecular formula is C16H19N3O2. The van der Waals surface area contributed by atoms with Gasteiger partial charge in [0.15, 0.2) is 11.5 Å². The van der Waals surface area contributed by atoms with Gasteiger partial charge in [-0.2, -0.15) is 0 Å². The number of hydrogen-bond donors (Lipinski definition) is 1. The van der Waals surface area contributed by atoms with Gasteiger partial charge in [-0.15, -0.1) is 0 Å². The first-order valence-corrected chi connectivity index (χ1v) is 7.14. The molecule has 1 aliphatic rings. The molecule has 0 radical (unpaired) electrons. The molecule has 0 saturated heterocycles. The highest BCUT2D eigenvalue weighted by Crippen LogP contribution is 2.30. The van der Waals surface area contributed by atoms with Crippen molar-refractivity contribution in [3.05, 3.63) is 41.3 Å². The third-order valence-corrected chi connectivity index (χ3v) is 3.61. The van der Waals surface area contributed by atoms with Crippen LogP contribution in [0.2, 0.25) is 0 Å². The van der Waals surface area contributed by atoms with Crippen molar-refractivity contribution in [2.45, 2.75) is 26.8 Å². The van der Waals surface area contributed by atoms with Gasteiger partial charge in [-0.1, -0.05) is 6.07 Å². The second-order valence-electron chi connectivity index (χ2n) is 5.12. The van der Waals surface area contributed by atoms with Gasteiger partial charge < -0.3 is 14.8 Å². The zero-order valence-electron chi connectivity index (χ0n) is 12.3. The van der Waals surface area contributed by atoms with E-state index in [1.165, 1.54) is 0 Å². The van der Waals surface area contributed by atoms with E-state index in [4.69, 9.17) is 9.47 Å². The summed E-state index contributed by atoms with van der Waals surface area (Å²) >= 11 is 0. The van der Waals surface area contributed by atoms with Crippen molar-refractivity contribution in [1.29, 1.82) is 0 Å². The largest absolute Gasteiger partial charge is 0.490 e. The van der Waals surface area contributed by atoms with E-state index in [1.54, 1.807) is 6.33 Å². The van der Waals surface area contributed by atoms with Crippen molar-refractivity contribution < 1.29 is 9.47 Å². The monoisotopic (exact) mass is 285 g/mol. The predicted molar refractivity (Wildman–Crippen MR) is 80.9 cm³/mol. The molecule has 2 heterocycles. The van der Waals surface area contributed by atoms with Crippen LogP contribution in [-0.2, 0) is 6.54 Å². The van der Waals surface area contributed by atoms with Crippen LogP contribution in [0.5, 0.6) is 11.5 Å². The molecule has 1 N–H and O–H groups in total. The molecule has 0 unspecified atom stereocenters. The fourth-order valence-corrected chi connectivity index (χ4v) is 2.22. The van der Waals surface area contributed by atoms with Gasteiger partial charge in [0, 0.05) is 24.2 Å². The van der Waals surface area contributed by atoms with E-state index in [1.807, 2.05) is 32.0 Å². The maximum absolute atomic E-state index is 5.71. The Balaban J connectivity index is 1.73. The molecule has 1 aromatic heterocycles. The van der Waals surface area contributed by atoms with Gasteiger partial charge in [-0.3, -0.25) is 0 Å². The highest BCUT2D eigenvalue weighted by molar-refractivity contribution is 5.47. The number of fused-ring (bicyclic) bond motifs is 1. The smallest absolute Gasteiger partial charge is 0.161 e. The second kappa shape index (κ2) is 5.99. The lowest BCUT2D eigenvalue weighted by Crippen LogP contribution is -2.05. The topological polar surface area (TPSA) is 56.3 Å². The minimum atomic E-state index is 0.688. The molecular weight excluding hydrogens is 266 g/mol. The summed E-state index contributed by atoms with van der Waals surface area (Å²) < 4.78 is 11.3. The van der Waals surface area contributed by atoms with Gasteiger partial charge in [0.2, 0.25) is 0 Å². The maximum Gasteiger partial charge on any atom is 0.161 e. The van der Waals surface area contributed by atoms with Gasteiger partial charge in [0.25, 0.3) is 0 Å². The molecule has 1 aliphatic heterocycles. The zero-order chi connectivity index (χ0) is 14.7. The average Bonchev–Trinajstić information content (AvgIpc) is 2.73. The van der Waals surface area contributed by atoms with Crippen molar-refractivity contribution in [2.24, 2.45) is 0 Å². The van der Waals surface area contributed by atoms with E-state index in [2.05, 4.69) is 15.3 Å². The minimum Gasteiger partial charge on any atom is -0.490 e. The Labute approximate surface area is 124 Å². The average molecular weight is 285 g/mol. The number of rotatable bonds is 3. The normalized spacial score (nSPS) is 13.6. The van der Waals surface area contributed by atoms with E-state index >= 15 is 0 Å². The van der Waals surface area contributed by atoms with Crippen LogP contribution in [0.25, 0.3) is 0 Å². The molecule has 0 atom stereocenters. The molecule has 21 heavy (non-hydrogen) atoms.